The van der Waals surface area contributed by atoms with Crippen LogP contribution in [0.15, 0.2) is 58.2 Å². The summed E-state index contributed by atoms with van der Waals surface area (Å²) in [5.74, 6) is 0.286. The Morgan fingerprint density at radius 1 is 1.24 bits per heavy atom. The molecule has 2 aromatic heterocycles. The number of nitrogens with one attached hydrogen (secondary N) is 1. The van der Waals surface area contributed by atoms with E-state index in [4.69, 9.17) is 4.42 Å². The Labute approximate surface area is 142 Å². The first-order valence-electron chi connectivity index (χ1n) is 7.01. The van der Waals surface area contributed by atoms with Crippen LogP contribution in [-0.2, 0) is 10.0 Å². The van der Waals surface area contributed by atoms with Gasteiger partial charge in [-0.1, -0.05) is 6.07 Å². The lowest BCUT2D eigenvalue weighted by atomic mass is 10.2. The first-order chi connectivity index (χ1) is 11.9. The third kappa shape index (κ3) is 3.48. The number of furan rings is 1. The average Bonchev–Trinajstić information content (AvgIpc) is 3.09. The van der Waals surface area contributed by atoms with E-state index in [2.05, 4.69) is 14.7 Å². The SMILES string of the molecule is Cc1ccc([N+](=O)[O-])cc1S(=O)(=O)Nc1nccc(-c2ccco2)n1. The van der Waals surface area contributed by atoms with Crippen LogP contribution in [0, 0.1) is 17.0 Å². The van der Waals surface area contributed by atoms with Crippen molar-refractivity contribution in [3.63, 3.8) is 0 Å². The van der Waals surface area contributed by atoms with Crippen LogP contribution in [-0.4, -0.2) is 23.3 Å². The fourth-order valence-corrected chi connectivity index (χ4v) is 3.35. The molecule has 9 nitrogen and oxygen atoms in total. The summed E-state index contributed by atoms with van der Waals surface area (Å²) in [5, 5.41) is 10.9. The standard InChI is InChI=1S/C15H12N4O5S/c1-10-4-5-11(19(20)21)9-14(10)25(22,23)18-15-16-7-6-12(17-15)13-3-2-8-24-13/h2-9H,1H3,(H,16,17,18). The van der Waals surface area contributed by atoms with Crippen molar-refractivity contribution in [2.45, 2.75) is 11.8 Å². The Hall–Kier alpha value is -3.27. The second-order valence-electron chi connectivity index (χ2n) is 5.06. The molecule has 128 valence electrons. The third-order valence-corrected chi connectivity index (χ3v) is 4.80. The van der Waals surface area contributed by atoms with Crippen molar-refractivity contribution >= 4 is 21.7 Å². The minimum Gasteiger partial charge on any atom is -0.463 e. The summed E-state index contributed by atoms with van der Waals surface area (Å²) in [6, 6.07) is 8.51. The maximum Gasteiger partial charge on any atom is 0.270 e. The van der Waals surface area contributed by atoms with E-state index >= 15 is 0 Å². The number of non-ortho nitro benzene ring substituents is 1. The number of benzene rings is 1. The monoisotopic (exact) mass is 360 g/mol. The minimum absolute atomic E-state index is 0.167. The molecule has 3 aromatic rings. The van der Waals surface area contributed by atoms with Crippen molar-refractivity contribution in [3.05, 3.63) is 64.5 Å². The van der Waals surface area contributed by atoms with Gasteiger partial charge in [0.1, 0.15) is 5.69 Å². The van der Waals surface area contributed by atoms with Crippen LogP contribution in [0.3, 0.4) is 0 Å². The highest BCUT2D eigenvalue weighted by Crippen LogP contribution is 2.24. The molecule has 0 saturated heterocycles. The molecule has 0 atom stereocenters. The van der Waals surface area contributed by atoms with Crippen molar-refractivity contribution in [3.8, 4) is 11.5 Å². The lowest BCUT2D eigenvalue weighted by Gasteiger charge is -2.09. The summed E-state index contributed by atoms with van der Waals surface area (Å²) in [4.78, 5) is 18.0. The largest absolute Gasteiger partial charge is 0.463 e. The second-order valence-corrected chi connectivity index (χ2v) is 6.71. The Morgan fingerprint density at radius 2 is 2.04 bits per heavy atom. The lowest BCUT2D eigenvalue weighted by molar-refractivity contribution is -0.385. The van der Waals surface area contributed by atoms with E-state index in [1.165, 1.54) is 24.6 Å². The van der Waals surface area contributed by atoms with Crippen molar-refractivity contribution in [2.75, 3.05) is 4.72 Å². The molecule has 0 amide bonds. The van der Waals surface area contributed by atoms with Gasteiger partial charge in [0, 0.05) is 18.3 Å². The molecule has 1 N–H and O–H groups in total. The summed E-state index contributed by atoms with van der Waals surface area (Å²) < 4.78 is 32.6. The molecule has 0 aliphatic rings. The van der Waals surface area contributed by atoms with Gasteiger partial charge in [-0.05, 0) is 30.7 Å². The molecular weight excluding hydrogens is 348 g/mol. The summed E-state index contributed by atoms with van der Waals surface area (Å²) in [7, 11) is -4.10. The minimum atomic E-state index is -4.10. The fraction of sp³-hybridized carbons (Fsp3) is 0.0667. The molecule has 0 spiro atoms. The van der Waals surface area contributed by atoms with Gasteiger partial charge in [-0.2, -0.15) is 0 Å². The van der Waals surface area contributed by atoms with Gasteiger partial charge in [0.05, 0.1) is 16.1 Å². The zero-order valence-corrected chi connectivity index (χ0v) is 13.7. The average molecular weight is 360 g/mol. The Morgan fingerprint density at radius 3 is 2.72 bits per heavy atom. The lowest BCUT2D eigenvalue weighted by Crippen LogP contribution is -2.16. The Bertz CT molecular complexity index is 1030. The number of hydrogen-bond donors (Lipinski definition) is 1. The van der Waals surface area contributed by atoms with E-state index < -0.39 is 14.9 Å². The maximum atomic E-state index is 12.6. The van der Waals surface area contributed by atoms with Crippen LogP contribution in [0.5, 0.6) is 0 Å². The van der Waals surface area contributed by atoms with Gasteiger partial charge in [-0.3, -0.25) is 10.1 Å². The molecule has 1 aromatic carbocycles. The molecule has 0 fully saturated rings. The highest BCUT2D eigenvalue weighted by Gasteiger charge is 2.22. The highest BCUT2D eigenvalue weighted by molar-refractivity contribution is 7.92. The zero-order chi connectivity index (χ0) is 18.0. The Balaban J connectivity index is 1.96. The molecule has 0 aliphatic heterocycles. The fourth-order valence-electron chi connectivity index (χ4n) is 2.14. The number of nitrogens with zero attached hydrogens (tertiary/aromatic N) is 3. The Kier molecular flexibility index (Phi) is 4.19. The van der Waals surface area contributed by atoms with Crippen molar-refractivity contribution < 1.29 is 17.8 Å². The van der Waals surface area contributed by atoms with E-state index in [-0.39, 0.29) is 16.5 Å². The van der Waals surface area contributed by atoms with E-state index in [0.717, 1.165) is 6.07 Å². The van der Waals surface area contributed by atoms with Crippen LogP contribution in [0.4, 0.5) is 11.6 Å². The smallest absolute Gasteiger partial charge is 0.270 e. The summed E-state index contributed by atoms with van der Waals surface area (Å²) in [5.41, 5.74) is 0.435. The van der Waals surface area contributed by atoms with Crippen LogP contribution < -0.4 is 4.72 Å². The van der Waals surface area contributed by atoms with Gasteiger partial charge >= 0.3 is 0 Å². The van der Waals surface area contributed by atoms with Gasteiger partial charge in [-0.15, -0.1) is 0 Å². The van der Waals surface area contributed by atoms with Gasteiger partial charge in [0.15, 0.2) is 5.76 Å². The van der Waals surface area contributed by atoms with Crippen molar-refractivity contribution in [1.82, 2.24) is 9.97 Å². The number of nitro groups is 1. The number of rotatable bonds is 5. The number of aromatic nitrogens is 2. The molecule has 0 bridgehead atoms. The molecule has 3 rings (SSSR count). The van der Waals surface area contributed by atoms with Gasteiger partial charge in [0.25, 0.3) is 15.7 Å². The van der Waals surface area contributed by atoms with E-state index in [1.807, 2.05) is 0 Å². The van der Waals surface area contributed by atoms with E-state index in [0.29, 0.717) is 17.0 Å². The zero-order valence-electron chi connectivity index (χ0n) is 12.9. The van der Waals surface area contributed by atoms with Crippen LogP contribution >= 0.6 is 0 Å². The molecule has 25 heavy (non-hydrogen) atoms. The van der Waals surface area contributed by atoms with E-state index in [1.54, 1.807) is 25.1 Å². The summed E-state index contributed by atoms with van der Waals surface area (Å²) >= 11 is 0. The van der Waals surface area contributed by atoms with Gasteiger partial charge < -0.3 is 4.42 Å². The topological polar surface area (TPSA) is 128 Å². The molecule has 0 aliphatic carbocycles. The number of aryl methyl sites for hydroxylation is 1. The molecule has 0 unspecified atom stereocenters. The quantitative estimate of drug-likeness (QED) is 0.547. The van der Waals surface area contributed by atoms with Crippen LogP contribution in [0.25, 0.3) is 11.5 Å². The molecular formula is C15H12N4O5S. The number of anilines is 1. The molecule has 0 radical (unpaired) electrons. The maximum absolute atomic E-state index is 12.6. The predicted molar refractivity (Wildman–Crippen MR) is 88.4 cm³/mol. The van der Waals surface area contributed by atoms with E-state index in [9.17, 15) is 18.5 Å². The van der Waals surface area contributed by atoms with Crippen molar-refractivity contribution in [1.29, 1.82) is 0 Å². The number of sulfonamides is 1. The first-order valence-corrected chi connectivity index (χ1v) is 8.50. The second kappa shape index (κ2) is 6.32. The number of nitro benzene ring substituents is 1. The number of hydrogen-bond acceptors (Lipinski definition) is 7. The highest BCUT2D eigenvalue weighted by atomic mass is 32.2. The van der Waals surface area contributed by atoms with Crippen LogP contribution in [0.1, 0.15) is 5.56 Å². The predicted octanol–water partition coefficient (Wildman–Crippen LogP) is 2.75. The van der Waals surface area contributed by atoms with Gasteiger partial charge in [0.2, 0.25) is 5.95 Å². The summed E-state index contributed by atoms with van der Waals surface area (Å²) in [6.45, 7) is 1.54. The van der Waals surface area contributed by atoms with Crippen molar-refractivity contribution in [2.24, 2.45) is 0 Å². The summed E-state index contributed by atoms with van der Waals surface area (Å²) in [6.07, 6.45) is 2.84. The van der Waals surface area contributed by atoms with Crippen LogP contribution in [0.2, 0.25) is 0 Å². The van der Waals surface area contributed by atoms with Gasteiger partial charge in [-0.25, -0.2) is 23.1 Å². The molecule has 0 saturated carbocycles. The normalized spacial score (nSPS) is 11.2. The third-order valence-electron chi connectivity index (χ3n) is 3.33. The molecule has 10 heteroatoms. The first kappa shape index (κ1) is 16.6. The molecule has 2 heterocycles.